The number of likely N-dealkylation sites (tertiary alicyclic amines) is 1. The van der Waals surface area contributed by atoms with Crippen molar-refractivity contribution in [3.05, 3.63) is 96.4 Å². The molecule has 2 aliphatic heterocycles. The van der Waals surface area contributed by atoms with E-state index in [1.165, 1.54) is 18.5 Å². The van der Waals surface area contributed by atoms with E-state index in [1.54, 1.807) is 47.5 Å². The van der Waals surface area contributed by atoms with Crippen molar-refractivity contribution in [2.75, 3.05) is 31.5 Å². The van der Waals surface area contributed by atoms with Gasteiger partial charge in [-0.1, -0.05) is 38.5 Å². The van der Waals surface area contributed by atoms with E-state index >= 15 is 0 Å². The number of nitrogens with two attached hydrogens (primary N) is 1. The van der Waals surface area contributed by atoms with E-state index in [0.29, 0.717) is 61.4 Å². The average molecular weight is 930 g/mol. The fourth-order valence-corrected chi connectivity index (χ4v) is 7.78. The summed E-state index contributed by atoms with van der Waals surface area (Å²) in [7, 11) is 0. The Bertz CT molecular complexity index is 2670. The number of aromatic amines is 1. The lowest BCUT2D eigenvalue weighted by atomic mass is 10.0. The molecular weight excluding hydrogens is 875 g/mol. The summed E-state index contributed by atoms with van der Waals surface area (Å²) in [5.41, 5.74) is 10.9. The van der Waals surface area contributed by atoms with Crippen LogP contribution in [0.5, 0.6) is 0 Å². The van der Waals surface area contributed by atoms with Gasteiger partial charge >= 0.3 is 12.1 Å². The summed E-state index contributed by atoms with van der Waals surface area (Å²) < 4.78 is 7.32. The highest BCUT2D eigenvalue weighted by Gasteiger charge is 2.36. The number of imide groups is 1. The van der Waals surface area contributed by atoms with Crippen LogP contribution in [0.25, 0.3) is 28.3 Å². The fourth-order valence-electron chi connectivity index (χ4n) is 7.78. The number of imidazole rings is 1. The molecule has 2 atom stereocenters. The quantitative estimate of drug-likeness (QED) is 0.0454. The van der Waals surface area contributed by atoms with Gasteiger partial charge in [0.05, 0.1) is 23.0 Å². The number of aryl methyl sites for hydroxylation is 1. The third-order valence-electron chi connectivity index (χ3n) is 11.6. The number of aromatic nitrogens is 6. The monoisotopic (exact) mass is 929 g/mol. The maximum atomic E-state index is 13.6. The van der Waals surface area contributed by atoms with Gasteiger partial charge in [-0.05, 0) is 80.5 Å². The number of carbonyl (C=O) groups is 7. The highest BCUT2D eigenvalue weighted by Crippen LogP contribution is 2.34. The van der Waals surface area contributed by atoms with Gasteiger partial charge in [-0.3, -0.25) is 33.9 Å². The van der Waals surface area contributed by atoms with Gasteiger partial charge in [-0.2, -0.15) is 5.10 Å². The second-order valence-corrected chi connectivity index (χ2v) is 17.1. The molecule has 0 radical (unpaired) electrons. The predicted octanol–water partition coefficient (Wildman–Crippen LogP) is 3.72. The first kappa shape index (κ1) is 48.0. The van der Waals surface area contributed by atoms with E-state index in [-0.39, 0.29) is 62.1 Å². The van der Waals surface area contributed by atoms with Gasteiger partial charge in [0.2, 0.25) is 17.7 Å². The van der Waals surface area contributed by atoms with Crippen molar-refractivity contribution >= 4 is 53.0 Å². The molecule has 0 saturated carbocycles. The number of rotatable bonds is 21. The minimum absolute atomic E-state index is 0.0146. The molecule has 1 aromatic carbocycles. The summed E-state index contributed by atoms with van der Waals surface area (Å²) >= 11 is 0. The highest BCUT2D eigenvalue weighted by molar-refractivity contribution is 6.12. The number of carbonyl (C=O) groups excluding carboxylic acids is 7. The Morgan fingerprint density at radius 2 is 1.66 bits per heavy atom. The zero-order chi connectivity index (χ0) is 48.3. The van der Waals surface area contributed by atoms with Crippen LogP contribution in [-0.4, -0.2) is 119 Å². The SMILES string of the molecule is Cc1cccc(-c2[nH]c(C3CN(C(=O)OCc4ccc(NC(=O)C(CCCNC(N)=O)NC(=O)C(NC(=O)CCCCCN5C(=O)C=CC5=O)C(C)C)cc4)C3)nc2-c2ccc3ncnn3c2)n1. The van der Waals surface area contributed by atoms with Crippen LogP contribution in [0.3, 0.4) is 0 Å². The van der Waals surface area contributed by atoms with E-state index in [9.17, 15) is 33.6 Å². The van der Waals surface area contributed by atoms with E-state index in [0.717, 1.165) is 33.4 Å². The molecule has 5 aromatic rings. The second-order valence-electron chi connectivity index (χ2n) is 17.1. The minimum Gasteiger partial charge on any atom is -0.445 e. The largest absolute Gasteiger partial charge is 0.445 e. The number of nitrogens with zero attached hydrogens (tertiary/aromatic N) is 7. The van der Waals surface area contributed by atoms with Crippen LogP contribution in [0.15, 0.2) is 79.3 Å². The normalized spacial score (nSPS) is 14.5. The van der Waals surface area contributed by atoms with Crippen molar-refractivity contribution in [2.24, 2.45) is 11.7 Å². The molecule has 6 heterocycles. The smallest absolute Gasteiger partial charge is 0.410 e. The van der Waals surface area contributed by atoms with Gasteiger partial charge in [-0.25, -0.2) is 24.1 Å². The number of hydrogen-bond acceptors (Lipinski definition) is 12. The molecule has 0 spiro atoms. The lowest BCUT2D eigenvalue weighted by molar-refractivity contribution is -0.137. The topological polar surface area (TPSA) is 281 Å². The maximum absolute atomic E-state index is 13.6. The first-order chi connectivity index (χ1) is 32.7. The van der Waals surface area contributed by atoms with E-state index in [1.807, 2.05) is 43.5 Å². The van der Waals surface area contributed by atoms with Crippen LogP contribution in [0.1, 0.15) is 75.4 Å². The molecule has 21 heteroatoms. The van der Waals surface area contributed by atoms with Crippen molar-refractivity contribution in [1.29, 1.82) is 0 Å². The van der Waals surface area contributed by atoms with Crippen LogP contribution in [0.4, 0.5) is 15.3 Å². The third-order valence-corrected chi connectivity index (χ3v) is 11.6. The van der Waals surface area contributed by atoms with E-state index in [4.69, 9.17) is 20.4 Å². The van der Waals surface area contributed by atoms with Crippen molar-refractivity contribution < 1.29 is 38.3 Å². The molecule has 2 unspecified atom stereocenters. The zero-order valence-corrected chi connectivity index (χ0v) is 38.1. The van der Waals surface area contributed by atoms with Crippen molar-refractivity contribution in [2.45, 2.75) is 83.9 Å². The Morgan fingerprint density at radius 1 is 0.897 bits per heavy atom. The standard InChI is InChI=1S/C47H55N13O8/c1-28(2)40(55-37(61)12-5-4-6-22-59-38(62)19-20-39(59)63)45(65)54-35(11-8-21-49-46(48)66)44(64)53-33-16-13-30(14-17-33)26-68-47(67)58-23-32(24-58)43-56-41(31-15-18-36-50-27-51-60(36)25-31)42(57-43)34-10-7-9-29(3)52-34/h7,9-10,13-20,25,27-28,32,35,40H,4-6,8,11-12,21-24,26H2,1-3H3,(H,53,64)(H,54,65)(H,55,61)(H,56,57)(H3,48,49,66). The number of nitrogens with one attached hydrogen (secondary N) is 5. The number of unbranched alkanes of at least 4 members (excludes halogenated alkanes) is 2. The Hall–Kier alpha value is -7.97. The van der Waals surface area contributed by atoms with E-state index in [2.05, 4.69) is 36.3 Å². The number of pyridine rings is 2. The molecule has 21 nitrogen and oxygen atoms in total. The van der Waals surface area contributed by atoms with Gasteiger partial charge < -0.3 is 41.6 Å². The summed E-state index contributed by atoms with van der Waals surface area (Å²) in [6, 6.07) is 13.6. The van der Waals surface area contributed by atoms with Crippen LogP contribution < -0.4 is 27.0 Å². The first-order valence-electron chi connectivity index (χ1n) is 22.5. The summed E-state index contributed by atoms with van der Waals surface area (Å²) in [4.78, 5) is 108. The number of ether oxygens (including phenoxy) is 1. The molecule has 7 rings (SSSR count). The van der Waals surface area contributed by atoms with Crippen molar-refractivity contribution in [3.8, 4) is 22.6 Å². The number of urea groups is 1. The summed E-state index contributed by atoms with van der Waals surface area (Å²) in [5.74, 6) is -1.80. The van der Waals surface area contributed by atoms with Crippen LogP contribution in [0, 0.1) is 12.8 Å². The van der Waals surface area contributed by atoms with Crippen LogP contribution >= 0.6 is 0 Å². The summed E-state index contributed by atoms with van der Waals surface area (Å²) in [5, 5.41) is 15.1. The molecule has 7 N–H and O–H groups in total. The summed E-state index contributed by atoms with van der Waals surface area (Å²) in [6.07, 6.45) is 7.51. The molecule has 4 aromatic heterocycles. The second kappa shape index (κ2) is 22.0. The van der Waals surface area contributed by atoms with Crippen molar-refractivity contribution in [1.82, 2.24) is 55.3 Å². The highest BCUT2D eigenvalue weighted by atomic mass is 16.6. The molecular formula is C47H55N13O8. The lowest BCUT2D eigenvalue weighted by Crippen LogP contribution is -2.54. The van der Waals surface area contributed by atoms with Crippen LogP contribution in [-0.2, 0) is 35.3 Å². The Balaban J connectivity index is 0.893. The molecule has 2 aliphatic rings. The number of fused-ring (bicyclic) bond motifs is 1. The van der Waals surface area contributed by atoms with Gasteiger partial charge in [-0.15, -0.1) is 0 Å². The lowest BCUT2D eigenvalue weighted by Gasteiger charge is -2.37. The van der Waals surface area contributed by atoms with Crippen molar-refractivity contribution in [3.63, 3.8) is 0 Å². The Labute approximate surface area is 391 Å². The third kappa shape index (κ3) is 12.3. The number of anilines is 1. The molecule has 0 bridgehead atoms. The zero-order valence-electron chi connectivity index (χ0n) is 38.1. The van der Waals surface area contributed by atoms with Gasteiger partial charge in [0.15, 0.2) is 5.65 Å². The maximum Gasteiger partial charge on any atom is 0.410 e. The predicted molar refractivity (Wildman–Crippen MR) is 248 cm³/mol. The molecule has 1 saturated heterocycles. The Kier molecular flexibility index (Phi) is 15.5. The molecule has 1 fully saturated rings. The molecule has 0 aliphatic carbocycles. The fraction of sp³-hybridized carbons (Fsp3) is 0.383. The number of H-pyrrole nitrogens is 1. The number of benzene rings is 1. The number of primary amides is 1. The first-order valence-corrected chi connectivity index (χ1v) is 22.5. The Morgan fingerprint density at radius 3 is 2.38 bits per heavy atom. The minimum atomic E-state index is -1.04. The molecule has 8 amide bonds. The average Bonchev–Trinajstić information content (AvgIpc) is 4.04. The summed E-state index contributed by atoms with van der Waals surface area (Å²) in [6.45, 7) is 6.68. The van der Waals surface area contributed by atoms with Crippen LogP contribution in [0.2, 0.25) is 0 Å². The molecule has 356 valence electrons. The van der Waals surface area contributed by atoms with Gasteiger partial charge in [0.1, 0.15) is 30.8 Å². The molecule has 68 heavy (non-hydrogen) atoms. The number of amides is 8. The van der Waals surface area contributed by atoms with Gasteiger partial charge in [0.25, 0.3) is 11.8 Å². The van der Waals surface area contributed by atoms with Gasteiger partial charge in [0, 0.05) is 67.9 Å². The number of hydrogen-bond donors (Lipinski definition) is 6. The van der Waals surface area contributed by atoms with E-state index < -0.39 is 36.0 Å².